The van der Waals surface area contributed by atoms with Crippen LogP contribution in [0.25, 0.3) is 0 Å². The Kier molecular flexibility index (Phi) is 4.23. The van der Waals surface area contributed by atoms with Gasteiger partial charge in [0.1, 0.15) is 0 Å². The molecule has 5 heteroatoms. The van der Waals surface area contributed by atoms with Gasteiger partial charge < -0.3 is 19.7 Å². The lowest BCUT2D eigenvalue weighted by atomic mass is 9.98. The molecule has 1 atom stereocenters. The quantitative estimate of drug-likeness (QED) is 0.791. The van der Waals surface area contributed by atoms with Crippen molar-refractivity contribution < 1.29 is 14.3 Å². The van der Waals surface area contributed by atoms with Gasteiger partial charge in [0.25, 0.3) is 0 Å². The molecule has 0 aliphatic carbocycles. The van der Waals surface area contributed by atoms with Gasteiger partial charge in [-0.2, -0.15) is 0 Å². The summed E-state index contributed by atoms with van der Waals surface area (Å²) in [5, 5.41) is 2.93. The first-order chi connectivity index (χ1) is 8.16. The second-order valence-electron chi connectivity index (χ2n) is 5.06. The van der Waals surface area contributed by atoms with Crippen LogP contribution in [0.3, 0.4) is 0 Å². The van der Waals surface area contributed by atoms with E-state index in [2.05, 4.69) is 5.32 Å². The summed E-state index contributed by atoms with van der Waals surface area (Å²) in [5.74, 6) is 0.323. The van der Waals surface area contributed by atoms with Crippen LogP contribution in [0.4, 0.5) is 4.79 Å². The SMILES string of the molecule is CC(C)NC(=O)N1CCC[C@H](C2OCCO2)C1. The summed E-state index contributed by atoms with van der Waals surface area (Å²) in [7, 11) is 0. The molecule has 2 fully saturated rings. The van der Waals surface area contributed by atoms with Crippen molar-refractivity contribution in [1.82, 2.24) is 10.2 Å². The maximum atomic E-state index is 11.9. The van der Waals surface area contributed by atoms with Crippen molar-refractivity contribution in [3.63, 3.8) is 0 Å². The van der Waals surface area contributed by atoms with Crippen LogP contribution in [0.5, 0.6) is 0 Å². The molecule has 1 N–H and O–H groups in total. The molecule has 2 rings (SSSR count). The van der Waals surface area contributed by atoms with Crippen LogP contribution in [0.15, 0.2) is 0 Å². The van der Waals surface area contributed by atoms with Gasteiger partial charge in [-0.15, -0.1) is 0 Å². The topological polar surface area (TPSA) is 50.8 Å². The van der Waals surface area contributed by atoms with Crippen LogP contribution in [0.1, 0.15) is 26.7 Å². The van der Waals surface area contributed by atoms with Crippen LogP contribution >= 0.6 is 0 Å². The van der Waals surface area contributed by atoms with Gasteiger partial charge >= 0.3 is 6.03 Å². The van der Waals surface area contributed by atoms with Crippen LogP contribution in [-0.2, 0) is 9.47 Å². The molecule has 2 aliphatic heterocycles. The summed E-state index contributed by atoms with van der Waals surface area (Å²) >= 11 is 0. The number of ether oxygens (including phenoxy) is 2. The van der Waals surface area contributed by atoms with Crippen molar-refractivity contribution in [3.8, 4) is 0 Å². The number of piperidine rings is 1. The highest BCUT2D eigenvalue weighted by Crippen LogP contribution is 2.24. The number of hydrogen-bond donors (Lipinski definition) is 1. The second kappa shape index (κ2) is 5.69. The molecule has 2 saturated heterocycles. The maximum absolute atomic E-state index is 11.9. The van der Waals surface area contributed by atoms with E-state index in [0.717, 1.165) is 25.9 Å². The van der Waals surface area contributed by atoms with E-state index in [1.807, 2.05) is 18.7 Å². The smallest absolute Gasteiger partial charge is 0.317 e. The number of likely N-dealkylation sites (tertiary alicyclic amines) is 1. The third-order valence-electron chi connectivity index (χ3n) is 3.19. The summed E-state index contributed by atoms with van der Waals surface area (Å²) in [6.45, 7) is 6.88. The Labute approximate surface area is 102 Å². The summed E-state index contributed by atoms with van der Waals surface area (Å²) in [6, 6.07) is 0.213. The molecule has 0 spiro atoms. The number of rotatable bonds is 2. The van der Waals surface area contributed by atoms with E-state index in [0.29, 0.717) is 19.1 Å². The maximum Gasteiger partial charge on any atom is 0.317 e. The number of urea groups is 1. The lowest BCUT2D eigenvalue weighted by molar-refractivity contribution is -0.0963. The van der Waals surface area contributed by atoms with Gasteiger partial charge in [-0.25, -0.2) is 4.79 Å². The molecule has 0 saturated carbocycles. The molecule has 2 heterocycles. The first kappa shape index (κ1) is 12.6. The average Bonchev–Trinajstić information content (AvgIpc) is 2.82. The van der Waals surface area contributed by atoms with Gasteiger partial charge in [0, 0.05) is 25.0 Å². The van der Waals surface area contributed by atoms with E-state index >= 15 is 0 Å². The Bertz CT molecular complexity index is 264. The van der Waals surface area contributed by atoms with Crippen LogP contribution in [0.2, 0.25) is 0 Å². The lowest BCUT2D eigenvalue weighted by Gasteiger charge is -2.35. The van der Waals surface area contributed by atoms with E-state index < -0.39 is 0 Å². The van der Waals surface area contributed by atoms with Crippen molar-refractivity contribution in [1.29, 1.82) is 0 Å². The van der Waals surface area contributed by atoms with Crippen molar-refractivity contribution in [3.05, 3.63) is 0 Å². The summed E-state index contributed by atoms with van der Waals surface area (Å²) in [5.41, 5.74) is 0. The van der Waals surface area contributed by atoms with Crippen molar-refractivity contribution >= 4 is 6.03 Å². The fourth-order valence-electron chi connectivity index (χ4n) is 2.40. The Morgan fingerprint density at radius 3 is 2.71 bits per heavy atom. The van der Waals surface area contributed by atoms with E-state index in [9.17, 15) is 4.79 Å². The van der Waals surface area contributed by atoms with Gasteiger partial charge in [-0.05, 0) is 26.7 Å². The molecule has 0 aromatic rings. The number of carbonyl (C=O) groups excluding carboxylic acids is 1. The standard InChI is InChI=1S/C12H22N2O3/c1-9(2)13-12(15)14-5-3-4-10(8-14)11-16-6-7-17-11/h9-11H,3-8H2,1-2H3,(H,13,15)/t10-/m0/s1. The highest BCUT2D eigenvalue weighted by molar-refractivity contribution is 5.74. The average molecular weight is 242 g/mol. The number of carbonyl (C=O) groups is 1. The lowest BCUT2D eigenvalue weighted by Crippen LogP contribution is -2.49. The molecular weight excluding hydrogens is 220 g/mol. The van der Waals surface area contributed by atoms with E-state index in [-0.39, 0.29) is 18.4 Å². The zero-order valence-electron chi connectivity index (χ0n) is 10.6. The first-order valence-corrected chi connectivity index (χ1v) is 6.45. The Hall–Kier alpha value is -0.810. The van der Waals surface area contributed by atoms with E-state index in [4.69, 9.17) is 9.47 Å². The number of amides is 2. The molecule has 2 aliphatic rings. The van der Waals surface area contributed by atoms with E-state index in [1.165, 1.54) is 0 Å². The predicted octanol–water partition coefficient (Wildman–Crippen LogP) is 1.19. The summed E-state index contributed by atoms with van der Waals surface area (Å²) in [4.78, 5) is 13.8. The highest BCUT2D eigenvalue weighted by atomic mass is 16.7. The van der Waals surface area contributed by atoms with Gasteiger partial charge in [0.15, 0.2) is 6.29 Å². The molecule has 17 heavy (non-hydrogen) atoms. The van der Waals surface area contributed by atoms with Crippen LogP contribution < -0.4 is 5.32 Å². The van der Waals surface area contributed by atoms with Crippen molar-refractivity contribution in [2.24, 2.45) is 5.92 Å². The summed E-state index contributed by atoms with van der Waals surface area (Å²) < 4.78 is 11.0. The van der Waals surface area contributed by atoms with Crippen LogP contribution in [0, 0.1) is 5.92 Å². The molecule has 0 radical (unpaired) electrons. The minimum Gasteiger partial charge on any atom is -0.350 e. The number of nitrogens with one attached hydrogen (secondary N) is 1. The molecular formula is C12H22N2O3. The number of hydrogen-bond acceptors (Lipinski definition) is 3. The second-order valence-corrected chi connectivity index (χ2v) is 5.06. The zero-order valence-corrected chi connectivity index (χ0v) is 10.6. The third-order valence-corrected chi connectivity index (χ3v) is 3.19. The van der Waals surface area contributed by atoms with Crippen molar-refractivity contribution in [2.75, 3.05) is 26.3 Å². The normalized spacial score (nSPS) is 26.5. The Morgan fingerprint density at radius 1 is 1.35 bits per heavy atom. The van der Waals surface area contributed by atoms with Gasteiger partial charge in [0.2, 0.25) is 0 Å². The molecule has 0 unspecified atom stereocenters. The third kappa shape index (κ3) is 3.33. The first-order valence-electron chi connectivity index (χ1n) is 6.45. The minimum absolute atomic E-state index is 0.0303. The van der Waals surface area contributed by atoms with Crippen LogP contribution in [-0.4, -0.2) is 49.6 Å². The fourth-order valence-corrected chi connectivity index (χ4v) is 2.40. The molecule has 0 aromatic heterocycles. The fraction of sp³-hybridized carbons (Fsp3) is 0.917. The predicted molar refractivity (Wildman–Crippen MR) is 63.7 cm³/mol. The minimum atomic E-state index is -0.107. The molecule has 2 amide bonds. The summed E-state index contributed by atoms with van der Waals surface area (Å²) in [6.07, 6.45) is 2.00. The van der Waals surface area contributed by atoms with Gasteiger partial charge in [0.05, 0.1) is 13.2 Å². The Morgan fingerprint density at radius 2 is 2.06 bits per heavy atom. The van der Waals surface area contributed by atoms with Gasteiger partial charge in [-0.3, -0.25) is 0 Å². The van der Waals surface area contributed by atoms with E-state index in [1.54, 1.807) is 0 Å². The molecule has 98 valence electrons. The van der Waals surface area contributed by atoms with Crippen molar-refractivity contribution in [2.45, 2.75) is 39.0 Å². The molecule has 0 bridgehead atoms. The Balaban J connectivity index is 1.85. The number of nitrogens with zero attached hydrogens (tertiary/aromatic N) is 1. The molecule has 5 nitrogen and oxygen atoms in total. The largest absolute Gasteiger partial charge is 0.350 e. The highest BCUT2D eigenvalue weighted by Gasteiger charge is 2.32. The zero-order chi connectivity index (χ0) is 12.3. The monoisotopic (exact) mass is 242 g/mol. The van der Waals surface area contributed by atoms with Gasteiger partial charge in [-0.1, -0.05) is 0 Å². The molecule has 0 aromatic carbocycles.